The van der Waals surface area contributed by atoms with Gasteiger partial charge in [0.1, 0.15) is 5.75 Å². The minimum atomic E-state index is 0.287. The van der Waals surface area contributed by atoms with Gasteiger partial charge in [-0.25, -0.2) is 0 Å². The summed E-state index contributed by atoms with van der Waals surface area (Å²) in [6.07, 6.45) is 0. The van der Waals surface area contributed by atoms with E-state index in [1.165, 1.54) is 0 Å². The maximum atomic E-state index is 5.78. The van der Waals surface area contributed by atoms with E-state index >= 15 is 0 Å². The average Bonchev–Trinajstić information content (AvgIpc) is 3.18. The van der Waals surface area contributed by atoms with Crippen molar-refractivity contribution in [3.63, 3.8) is 0 Å². The summed E-state index contributed by atoms with van der Waals surface area (Å²) in [5.74, 6) is 1.90. The Morgan fingerprint density at radius 2 is 2.14 bits per heavy atom. The van der Waals surface area contributed by atoms with Gasteiger partial charge in [0, 0.05) is 12.1 Å². The molecule has 0 unspecified atom stereocenters. The summed E-state index contributed by atoms with van der Waals surface area (Å²) in [6, 6.07) is 11.8. The highest BCUT2D eigenvalue weighted by atomic mass is 32.1. The van der Waals surface area contributed by atoms with E-state index in [9.17, 15) is 0 Å². The van der Waals surface area contributed by atoms with Gasteiger partial charge in [0.15, 0.2) is 6.61 Å². The molecule has 0 radical (unpaired) electrons. The lowest BCUT2D eigenvalue weighted by molar-refractivity contribution is 0.284. The number of aromatic nitrogens is 2. The summed E-state index contributed by atoms with van der Waals surface area (Å²) >= 11 is 1.57. The molecule has 3 rings (SSSR count). The second-order valence-corrected chi connectivity index (χ2v) is 5.37. The van der Waals surface area contributed by atoms with Crippen molar-refractivity contribution >= 4 is 11.3 Å². The predicted molar refractivity (Wildman–Crippen MR) is 81.1 cm³/mol. The second-order valence-electron chi connectivity index (χ2n) is 4.42. The highest BCUT2D eigenvalue weighted by Gasteiger charge is 2.10. The molecular formula is C15H15N3O2S. The Kier molecular flexibility index (Phi) is 4.28. The van der Waals surface area contributed by atoms with Crippen molar-refractivity contribution in [2.75, 3.05) is 7.05 Å². The molecule has 0 aliphatic heterocycles. The maximum Gasteiger partial charge on any atom is 0.268 e. The van der Waals surface area contributed by atoms with Crippen molar-refractivity contribution in [1.29, 1.82) is 0 Å². The molecule has 0 amide bonds. The number of hydrogen-bond acceptors (Lipinski definition) is 6. The van der Waals surface area contributed by atoms with Crippen LogP contribution in [-0.4, -0.2) is 17.2 Å². The topological polar surface area (TPSA) is 60.2 Å². The lowest BCUT2D eigenvalue weighted by Crippen LogP contribution is -2.07. The summed E-state index contributed by atoms with van der Waals surface area (Å²) in [4.78, 5) is 5.30. The van der Waals surface area contributed by atoms with Crippen LogP contribution in [0.2, 0.25) is 0 Å². The van der Waals surface area contributed by atoms with Crippen LogP contribution in [-0.2, 0) is 13.2 Å². The van der Waals surface area contributed by atoms with E-state index in [0.29, 0.717) is 11.7 Å². The van der Waals surface area contributed by atoms with Crippen molar-refractivity contribution in [1.82, 2.24) is 15.5 Å². The van der Waals surface area contributed by atoms with E-state index in [0.717, 1.165) is 22.7 Å². The Hall–Kier alpha value is -2.18. The van der Waals surface area contributed by atoms with Gasteiger partial charge in [-0.15, -0.1) is 11.3 Å². The van der Waals surface area contributed by atoms with E-state index < -0.39 is 0 Å². The van der Waals surface area contributed by atoms with Crippen LogP contribution in [0.25, 0.3) is 10.8 Å². The summed E-state index contributed by atoms with van der Waals surface area (Å²) < 4.78 is 11.0. The first-order valence-electron chi connectivity index (χ1n) is 6.58. The smallest absolute Gasteiger partial charge is 0.268 e. The number of benzene rings is 1. The molecule has 0 bridgehead atoms. The van der Waals surface area contributed by atoms with Gasteiger partial charge in [0.2, 0.25) is 5.82 Å². The van der Waals surface area contributed by atoms with Crippen LogP contribution in [0.5, 0.6) is 5.75 Å². The van der Waals surface area contributed by atoms with Gasteiger partial charge < -0.3 is 14.6 Å². The molecule has 2 heterocycles. The molecule has 0 saturated heterocycles. The third-order valence-electron chi connectivity index (χ3n) is 2.90. The van der Waals surface area contributed by atoms with Crippen molar-refractivity contribution in [3.05, 3.63) is 53.2 Å². The molecule has 2 aromatic heterocycles. The van der Waals surface area contributed by atoms with E-state index in [1.54, 1.807) is 11.3 Å². The van der Waals surface area contributed by atoms with Gasteiger partial charge in [-0.05, 0) is 24.6 Å². The summed E-state index contributed by atoms with van der Waals surface area (Å²) in [5.41, 5.74) is 1.10. The third-order valence-corrected chi connectivity index (χ3v) is 3.75. The van der Waals surface area contributed by atoms with E-state index in [4.69, 9.17) is 9.26 Å². The number of nitrogens with one attached hydrogen (secondary N) is 1. The van der Waals surface area contributed by atoms with E-state index in [1.807, 2.05) is 48.8 Å². The molecule has 1 N–H and O–H groups in total. The first-order valence-corrected chi connectivity index (χ1v) is 7.46. The van der Waals surface area contributed by atoms with Gasteiger partial charge >= 0.3 is 0 Å². The predicted octanol–water partition coefficient (Wildman–Crippen LogP) is 3.10. The fourth-order valence-electron chi connectivity index (χ4n) is 1.94. The van der Waals surface area contributed by atoms with Gasteiger partial charge in [-0.2, -0.15) is 4.98 Å². The zero-order valence-corrected chi connectivity index (χ0v) is 12.4. The van der Waals surface area contributed by atoms with Crippen molar-refractivity contribution in [2.24, 2.45) is 0 Å². The minimum Gasteiger partial charge on any atom is -0.485 e. The Morgan fingerprint density at radius 1 is 1.24 bits per heavy atom. The Labute approximate surface area is 126 Å². The normalized spacial score (nSPS) is 10.7. The van der Waals surface area contributed by atoms with Gasteiger partial charge in [0.05, 0.1) is 4.88 Å². The van der Waals surface area contributed by atoms with Crippen LogP contribution < -0.4 is 10.1 Å². The number of para-hydroxylation sites is 1. The minimum absolute atomic E-state index is 0.287. The first kappa shape index (κ1) is 13.8. The van der Waals surface area contributed by atoms with Crippen LogP contribution in [0.3, 0.4) is 0 Å². The Bertz CT molecular complexity index is 695. The van der Waals surface area contributed by atoms with Crippen LogP contribution in [0.15, 0.2) is 46.3 Å². The zero-order chi connectivity index (χ0) is 14.5. The highest BCUT2D eigenvalue weighted by Crippen LogP contribution is 2.23. The molecule has 0 spiro atoms. The lowest BCUT2D eigenvalue weighted by atomic mass is 10.2. The second kappa shape index (κ2) is 6.51. The largest absolute Gasteiger partial charge is 0.485 e. The fraction of sp³-hybridized carbons (Fsp3) is 0.200. The number of rotatable bonds is 6. The molecule has 5 nitrogen and oxygen atoms in total. The molecule has 0 saturated carbocycles. The quantitative estimate of drug-likeness (QED) is 0.758. The Morgan fingerprint density at radius 3 is 2.95 bits per heavy atom. The molecule has 3 aromatic rings. The van der Waals surface area contributed by atoms with Crippen LogP contribution in [0.1, 0.15) is 11.4 Å². The SMILES string of the molecule is CNCc1ccccc1OCc1noc(-c2cccs2)n1. The van der Waals surface area contributed by atoms with Gasteiger partial charge in [-0.3, -0.25) is 0 Å². The number of nitrogens with zero attached hydrogens (tertiary/aromatic N) is 2. The number of ether oxygens (including phenoxy) is 1. The van der Waals surface area contributed by atoms with Crippen LogP contribution in [0.4, 0.5) is 0 Å². The van der Waals surface area contributed by atoms with Crippen molar-refractivity contribution in [3.8, 4) is 16.5 Å². The Balaban J connectivity index is 1.68. The lowest BCUT2D eigenvalue weighted by Gasteiger charge is -2.09. The maximum absolute atomic E-state index is 5.78. The summed E-state index contributed by atoms with van der Waals surface area (Å²) in [6.45, 7) is 1.04. The van der Waals surface area contributed by atoms with Crippen molar-refractivity contribution < 1.29 is 9.26 Å². The molecule has 6 heteroatoms. The molecular weight excluding hydrogens is 286 g/mol. The monoisotopic (exact) mass is 301 g/mol. The van der Waals surface area contributed by atoms with Crippen LogP contribution in [0, 0.1) is 0 Å². The highest BCUT2D eigenvalue weighted by molar-refractivity contribution is 7.13. The fourth-order valence-corrected chi connectivity index (χ4v) is 2.58. The molecule has 0 aliphatic carbocycles. The van der Waals surface area contributed by atoms with Gasteiger partial charge in [0.25, 0.3) is 5.89 Å². The number of hydrogen-bond donors (Lipinski definition) is 1. The van der Waals surface area contributed by atoms with E-state index in [-0.39, 0.29) is 6.61 Å². The van der Waals surface area contributed by atoms with Gasteiger partial charge in [-0.1, -0.05) is 29.4 Å². The molecule has 0 aliphatic rings. The first-order chi connectivity index (χ1) is 10.4. The molecule has 1 aromatic carbocycles. The van der Waals surface area contributed by atoms with E-state index in [2.05, 4.69) is 15.5 Å². The molecule has 108 valence electrons. The zero-order valence-electron chi connectivity index (χ0n) is 11.6. The third kappa shape index (κ3) is 3.29. The summed E-state index contributed by atoms with van der Waals surface area (Å²) in [5, 5.41) is 9.04. The average molecular weight is 301 g/mol. The molecule has 0 fully saturated rings. The number of thiophene rings is 1. The molecule has 21 heavy (non-hydrogen) atoms. The van der Waals surface area contributed by atoms with Crippen LogP contribution >= 0.6 is 11.3 Å². The summed E-state index contributed by atoms with van der Waals surface area (Å²) in [7, 11) is 1.91. The molecule has 0 atom stereocenters. The van der Waals surface area contributed by atoms with Crippen molar-refractivity contribution in [2.45, 2.75) is 13.2 Å². The standard InChI is InChI=1S/C15H15N3O2S/c1-16-9-11-5-2-3-6-12(11)19-10-14-17-15(20-18-14)13-7-4-8-21-13/h2-8,16H,9-10H2,1H3.